The summed E-state index contributed by atoms with van der Waals surface area (Å²) in [6, 6.07) is 12.3. The first-order valence-corrected chi connectivity index (χ1v) is 7.08. The van der Waals surface area contributed by atoms with Crippen LogP contribution in [0.3, 0.4) is 0 Å². The molecule has 0 aliphatic carbocycles. The molecule has 1 aliphatic rings. The highest BCUT2D eigenvalue weighted by Gasteiger charge is 2.23. The number of ketones is 1. The van der Waals surface area contributed by atoms with Gasteiger partial charge in [0.25, 0.3) is 0 Å². The molecule has 0 bridgehead atoms. The number of hydrogen-bond acceptors (Lipinski definition) is 3. The van der Waals surface area contributed by atoms with E-state index in [1.807, 2.05) is 29.6 Å². The molecule has 0 saturated carbocycles. The van der Waals surface area contributed by atoms with Crippen LogP contribution in [-0.2, 0) is 11.2 Å². The lowest BCUT2D eigenvalue weighted by Crippen LogP contribution is -2.10. The van der Waals surface area contributed by atoms with Crippen molar-refractivity contribution in [2.75, 3.05) is 11.9 Å². The summed E-state index contributed by atoms with van der Waals surface area (Å²) in [4.78, 5) is 13.2. The second-order valence-corrected chi connectivity index (χ2v) is 5.70. The molecule has 2 aromatic rings. The van der Waals surface area contributed by atoms with E-state index < -0.39 is 0 Å². The van der Waals surface area contributed by atoms with E-state index in [9.17, 15) is 4.79 Å². The molecule has 0 spiro atoms. The minimum absolute atomic E-state index is 0.334. The molecule has 1 aromatic heterocycles. The van der Waals surface area contributed by atoms with Crippen LogP contribution in [0.25, 0.3) is 0 Å². The molecule has 0 amide bonds. The Hall–Kier alpha value is -1.61. The van der Waals surface area contributed by atoms with Crippen molar-refractivity contribution in [3.05, 3.63) is 52.2 Å². The van der Waals surface area contributed by atoms with Gasteiger partial charge in [0.2, 0.25) is 0 Å². The number of nitrogens with one attached hydrogen (secondary N) is 1. The molecule has 1 aromatic carbocycles. The van der Waals surface area contributed by atoms with Crippen LogP contribution in [-0.4, -0.2) is 12.3 Å². The van der Waals surface area contributed by atoms with E-state index in [-0.39, 0.29) is 0 Å². The molecule has 2 heterocycles. The van der Waals surface area contributed by atoms with Crippen molar-refractivity contribution < 1.29 is 4.79 Å². The number of Topliss-reactive ketones (excluding diaryl/α,β-unsaturated/α-hetero) is 1. The van der Waals surface area contributed by atoms with Crippen molar-refractivity contribution in [1.29, 1.82) is 0 Å². The Morgan fingerprint density at radius 2 is 2.17 bits per heavy atom. The standard InChI is InChI=1S/C15H15NOS/c17-12(9-13-4-3-7-18-13)8-11-10-16-15-6-2-1-5-14(11)15/h1-7,11,16H,8-10H2. The highest BCUT2D eigenvalue weighted by Crippen LogP contribution is 2.33. The number of anilines is 1. The number of hydrogen-bond donors (Lipinski definition) is 1. The summed E-state index contributed by atoms with van der Waals surface area (Å²) in [5.41, 5.74) is 2.48. The smallest absolute Gasteiger partial charge is 0.138 e. The molecule has 1 unspecified atom stereocenters. The van der Waals surface area contributed by atoms with E-state index >= 15 is 0 Å². The third kappa shape index (κ3) is 2.31. The maximum atomic E-state index is 12.1. The number of carbonyl (C=O) groups is 1. The van der Waals surface area contributed by atoms with Gasteiger partial charge in [-0.05, 0) is 23.1 Å². The summed E-state index contributed by atoms with van der Waals surface area (Å²) in [7, 11) is 0. The SMILES string of the molecule is O=C(Cc1cccs1)CC1CNc2ccccc21. The molecule has 0 radical (unpaired) electrons. The number of para-hydroxylation sites is 1. The maximum Gasteiger partial charge on any atom is 0.138 e. The highest BCUT2D eigenvalue weighted by molar-refractivity contribution is 7.10. The van der Waals surface area contributed by atoms with Gasteiger partial charge in [-0.3, -0.25) is 4.79 Å². The lowest BCUT2D eigenvalue weighted by molar-refractivity contribution is -0.118. The zero-order chi connectivity index (χ0) is 12.4. The molecule has 1 N–H and O–H groups in total. The van der Waals surface area contributed by atoms with Gasteiger partial charge in [0.15, 0.2) is 0 Å². The van der Waals surface area contributed by atoms with Crippen LogP contribution in [0.5, 0.6) is 0 Å². The van der Waals surface area contributed by atoms with E-state index in [1.54, 1.807) is 11.3 Å². The predicted octanol–water partition coefficient (Wildman–Crippen LogP) is 3.46. The van der Waals surface area contributed by atoms with Crippen molar-refractivity contribution in [1.82, 2.24) is 0 Å². The fourth-order valence-corrected chi connectivity index (χ4v) is 3.23. The van der Waals surface area contributed by atoms with Crippen LogP contribution >= 0.6 is 11.3 Å². The third-order valence-corrected chi connectivity index (χ3v) is 4.24. The van der Waals surface area contributed by atoms with Gasteiger partial charge in [0.05, 0.1) is 0 Å². The second kappa shape index (κ2) is 4.94. The molecule has 1 atom stereocenters. The van der Waals surface area contributed by atoms with E-state index in [0.29, 0.717) is 24.5 Å². The Morgan fingerprint density at radius 3 is 3.00 bits per heavy atom. The largest absolute Gasteiger partial charge is 0.384 e. The van der Waals surface area contributed by atoms with Crippen LogP contribution in [0.4, 0.5) is 5.69 Å². The number of carbonyl (C=O) groups excluding carboxylic acids is 1. The molecule has 0 fully saturated rings. The maximum absolute atomic E-state index is 12.1. The van der Waals surface area contributed by atoms with Crippen LogP contribution in [0.15, 0.2) is 41.8 Å². The quantitative estimate of drug-likeness (QED) is 0.908. The first-order valence-electron chi connectivity index (χ1n) is 6.20. The van der Waals surface area contributed by atoms with Crippen molar-refractivity contribution in [2.45, 2.75) is 18.8 Å². The van der Waals surface area contributed by atoms with Gasteiger partial charge in [-0.2, -0.15) is 0 Å². The van der Waals surface area contributed by atoms with Gasteiger partial charge in [0.1, 0.15) is 5.78 Å². The average Bonchev–Trinajstić information content (AvgIpc) is 3.00. The Labute approximate surface area is 111 Å². The van der Waals surface area contributed by atoms with E-state index in [4.69, 9.17) is 0 Å². The van der Waals surface area contributed by atoms with Gasteiger partial charge >= 0.3 is 0 Å². The van der Waals surface area contributed by atoms with Crippen LogP contribution in [0, 0.1) is 0 Å². The Kier molecular flexibility index (Phi) is 3.15. The Bertz CT molecular complexity index is 547. The first-order chi connectivity index (χ1) is 8.83. The lowest BCUT2D eigenvalue weighted by atomic mass is 9.95. The monoisotopic (exact) mass is 257 g/mol. The van der Waals surface area contributed by atoms with Crippen molar-refractivity contribution in [2.24, 2.45) is 0 Å². The van der Waals surface area contributed by atoms with Gasteiger partial charge in [-0.25, -0.2) is 0 Å². The predicted molar refractivity (Wildman–Crippen MR) is 75.3 cm³/mol. The molecular formula is C15H15NOS. The van der Waals surface area contributed by atoms with Gasteiger partial charge in [-0.1, -0.05) is 24.3 Å². The van der Waals surface area contributed by atoms with Crippen molar-refractivity contribution >= 4 is 22.8 Å². The summed E-state index contributed by atoms with van der Waals surface area (Å²) in [6.45, 7) is 0.884. The van der Waals surface area contributed by atoms with E-state index in [2.05, 4.69) is 17.4 Å². The van der Waals surface area contributed by atoms with Crippen molar-refractivity contribution in [3.63, 3.8) is 0 Å². The highest BCUT2D eigenvalue weighted by atomic mass is 32.1. The molecule has 3 heteroatoms. The van der Waals surface area contributed by atoms with Gasteiger partial charge in [-0.15, -0.1) is 11.3 Å². The minimum Gasteiger partial charge on any atom is -0.384 e. The molecule has 1 aliphatic heterocycles. The van der Waals surface area contributed by atoms with Crippen molar-refractivity contribution in [3.8, 4) is 0 Å². The summed E-state index contributed by atoms with van der Waals surface area (Å²) in [6.07, 6.45) is 1.22. The van der Waals surface area contributed by atoms with Crippen LogP contribution in [0.1, 0.15) is 22.8 Å². The number of benzene rings is 1. The molecule has 92 valence electrons. The zero-order valence-electron chi connectivity index (χ0n) is 10.1. The van der Waals surface area contributed by atoms with E-state index in [1.165, 1.54) is 16.1 Å². The molecule has 0 saturated heterocycles. The molecule has 3 rings (SSSR count). The zero-order valence-corrected chi connectivity index (χ0v) is 10.9. The van der Waals surface area contributed by atoms with Gasteiger partial charge < -0.3 is 5.32 Å². The fraction of sp³-hybridized carbons (Fsp3) is 0.267. The number of rotatable bonds is 4. The summed E-state index contributed by atoms with van der Waals surface area (Å²) >= 11 is 1.66. The topological polar surface area (TPSA) is 29.1 Å². The minimum atomic E-state index is 0.334. The van der Waals surface area contributed by atoms with Crippen LogP contribution < -0.4 is 5.32 Å². The average molecular weight is 257 g/mol. The number of fused-ring (bicyclic) bond motifs is 1. The molecule has 2 nitrogen and oxygen atoms in total. The summed E-state index contributed by atoms with van der Waals surface area (Å²) < 4.78 is 0. The number of thiophene rings is 1. The lowest BCUT2D eigenvalue weighted by Gasteiger charge is -2.08. The molecular weight excluding hydrogens is 242 g/mol. The summed E-state index contributed by atoms with van der Waals surface area (Å²) in [5.74, 6) is 0.676. The fourth-order valence-electron chi connectivity index (χ4n) is 2.49. The second-order valence-electron chi connectivity index (χ2n) is 4.66. The molecule has 18 heavy (non-hydrogen) atoms. The van der Waals surface area contributed by atoms with Crippen LogP contribution in [0.2, 0.25) is 0 Å². The van der Waals surface area contributed by atoms with E-state index in [0.717, 1.165) is 6.54 Å². The normalized spacial score (nSPS) is 17.2. The first kappa shape index (κ1) is 11.5. The Morgan fingerprint density at radius 1 is 1.28 bits per heavy atom. The van der Waals surface area contributed by atoms with Gasteiger partial charge in [0, 0.05) is 35.9 Å². The third-order valence-electron chi connectivity index (χ3n) is 3.37. The Balaban J connectivity index is 1.66. The summed E-state index contributed by atoms with van der Waals surface area (Å²) in [5, 5.41) is 5.39.